The van der Waals surface area contributed by atoms with Crippen LogP contribution in [0.25, 0.3) is 0 Å². The van der Waals surface area contributed by atoms with E-state index in [1.165, 1.54) is 0 Å². The highest BCUT2D eigenvalue weighted by molar-refractivity contribution is 5.55. The maximum atomic E-state index is 9.58. The standard InChI is InChI=1S/C14H19N3O/c1-2-3-4-12-6-5-11(9-15)14(16-12)17-8-7-13(18)10-17/h5-6,13,18H,2-4,7-8,10H2,1H3. The van der Waals surface area contributed by atoms with Gasteiger partial charge in [0.05, 0.1) is 11.7 Å². The number of nitrogens with zero attached hydrogens (tertiary/aromatic N) is 3. The fourth-order valence-electron chi connectivity index (χ4n) is 2.25. The Morgan fingerprint density at radius 1 is 1.56 bits per heavy atom. The van der Waals surface area contributed by atoms with Crippen LogP contribution in [0.2, 0.25) is 0 Å². The van der Waals surface area contributed by atoms with Crippen LogP contribution >= 0.6 is 0 Å². The second-order valence-electron chi connectivity index (χ2n) is 4.78. The Bertz CT molecular complexity index is 453. The normalized spacial score (nSPS) is 18.9. The molecule has 0 amide bonds. The predicted octanol–water partition coefficient (Wildman–Crippen LogP) is 1.87. The van der Waals surface area contributed by atoms with Crippen molar-refractivity contribution in [1.82, 2.24) is 4.98 Å². The monoisotopic (exact) mass is 245 g/mol. The fraction of sp³-hybridized carbons (Fsp3) is 0.571. The number of hydrogen-bond donors (Lipinski definition) is 1. The Hall–Kier alpha value is -1.60. The molecule has 1 fully saturated rings. The molecule has 1 aromatic rings. The fourth-order valence-corrected chi connectivity index (χ4v) is 2.25. The minimum absolute atomic E-state index is 0.294. The molecule has 4 nitrogen and oxygen atoms in total. The second kappa shape index (κ2) is 5.83. The summed E-state index contributed by atoms with van der Waals surface area (Å²) in [5.74, 6) is 0.739. The van der Waals surface area contributed by atoms with Gasteiger partial charge in [0, 0.05) is 18.8 Å². The van der Waals surface area contributed by atoms with Crippen LogP contribution in [0.5, 0.6) is 0 Å². The van der Waals surface area contributed by atoms with E-state index in [9.17, 15) is 5.11 Å². The molecule has 0 bridgehead atoms. The molecule has 96 valence electrons. The molecule has 0 aliphatic carbocycles. The van der Waals surface area contributed by atoms with Crippen molar-refractivity contribution >= 4 is 5.82 Å². The van der Waals surface area contributed by atoms with E-state index in [2.05, 4.69) is 18.0 Å². The van der Waals surface area contributed by atoms with E-state index >= 15 is 0 Å². The van der Waals surface area contributed by atoms with E-state index in [-0.39, 0.29) is 6.10 Å². The highest BCUT2D eigenvalue weighted by Gasteiger charge is 2.23. The van der Waals surface area contributed by atoms with Gasteiger partial charge in [0.15, 0.2) is 0 Å². The van der Waals surface area contributed by atoms with Gasteiger partial charge in [-0.3, -0.25) is 0 Å². The molecule has 2 rings (SSSR count). The van der Waals surface area contributed by atoms with Crippen LogP contribution in [0.15, 0.2) is 12.1 Å². The Labute approximate surface area is 108 Å². The highest BCUT2D eigenvalue weighted by Crippen LogP contribution is 2.23. The van der Waals surface area contributed by atoms with Gasteiger partial charge in [0.25, 0.3) is 0 Å². The molecule has 1 aromatic heterocycles. The zero-order valence-electron chi connectivity index (χ0n) is 10.8. The molecule has 1 aliphatic rings. The molecular weight excluding hydrogens is 226 g/mol. The number of rotatable bonds is 4. The molecule has 2 heterocycles. The van der Waals surface area contributed by atoms with Crippen molar-refractivity contribution < 1.29 is 5.11 Å². The summed E-state index contributed by atoms with van der Waals surface area (Å²) in [6, 6.07) is 5.96. The molecule has 0 radical (unpaired) electrons. The van der Waals surface area contributed by atoms with E-state index in [0.29, 0.717) is 12.1 Å². The Morgan fingerprint density at radius 3 is 3.00 bits per heavy atom. The summed E-state index contributed by atoms with van der Waals surface area (Å²) in [6.07, 6.45) is 3.66. The molecule has 1 N–H and O–H groups in total. The van der Waals surface area contributed by atoms with Crippen molar-refractivity contribution in [2.45, 2.75) is 38.7 Å². The van der Waals surface area contributed by atoms with Crippen molar-refractivity contribution in [1.29, 1.82) is 5.26 Å². The number of anilines is 1. The van der Waals surface area contributed by atoms with Gasteiger partial charge in [0.1, 0.15) is 11.9 Å². The van der Waals surface area contributed by atoms with Crippen LogP contribution in [0.1, 0.15) is 37.4 Å². The first kappa shape index (κ1) is 12.8. The number of aryl methyl sites for hydroxylation is 1. The van der Waals surface area contributed by atoms with E-state index in [1.807, 2.05) is 17.0 Å². The van der Waals surface area contributed by atoms with Gasteiger partial charge >= 0.3 is 0 Å². The highest BCUT2D eigenvalue weighted by atomic mass is 16.3. The molecule has 1 saturated heterocycles. The predicted molar refractivity (Wildman–Crippen MR) is 70.4 cm³/mol. The minimum atomic E-state index is -0.294. The van der Waals surface area contributed by atoms with Crippen molar-refractivity contribution in [3.8, 4) is 6.07 Å². The molecule has 18 heavy (non-hydrogen) atoms. The van der Waals surface area contributed by atoms with E-state index in [0.717, 1.165) is 43.7 Å². The lowest BCUT2D eigenvalue weighted by atomic mass is 10.1. The maximum absolute atomic E-state index is 9.58. The first-order chi connectivity index (χ1) is 8.74. The topological polar surface area (TPSA) is 60.2 Å². The lowest BCUT2D eigenvalue weighted by Crippen LogP contribution is -2.23. The smallest absolute Gasteiger partial charge is 0.146 e. The van der Waals surface area contributed by atoms with Gasteiger partial charge in [0.2, 0.25) is 0 Å². The molecule has 1 aliphatic heterocycles. The number of β-amino-alcohol motifs (C(OH)–C–C–N with tert-alkyl or cyclic N) is 1. The number of unbranched alkanes of at least 4 members (excludes halogenated alkanes) is 1. The van der Waals surface area contributed by atoms with Gasteiger partial charge < -0.3 is 10.0 Å². The van der Waals surface area contributed by atoms with Crippen LogP contribution in [0.4, 0.5) is 5.82 Å². The summed E-state index contributed by atoms with van der Waals surface area (Å²) in [5.41, 5.74) is 1.64. The first-order valence-electron chi connectivity index (χ1n) is 6.57. The van der Waals surface area contributed by atoms with Gasteiger partial charge in [-0.05, 0) is 31.4 Å². The summed E-state index contributed by atoms with van der Waals surface area (Å²) in [4.78, 5) is 6.60. The molecule has 0 saturated carbocycles. The first-order valence-corrected chi connectivity index (χ1v) is 6.57. The lowest BCUT2D eigenvalue weighted by molar-refractivity contribution is 0.198. The Kier molecular flexibility index (Phi) is 4.16. The molecule has 4 heteroatoms. The molecule has 0 spiro atoms. The Balaban J connectivity index is 2.23. The third-order valence-corrected chi connectivity index (χ3v) is 3.30. The van der Waals surface area contributed by atoms with Crippen LogP contribution in [-0.2, 0) is 6.42 Å². The summed E-state index contributed by atoms with van der Waals surface area (Å²) in [7, 11) is 0. The molecular formula is C14H19N3O. The quantitative estimate of drug-likeness (QED) is 0.879. The summed E-state index contributed by atoms with van der Waals surface area (Å²) in [6.45, 7) is 3.51. The van der Waals surface area contributed by atoms with Crippen molar-refractivity contribution in [3.05, 3.63) is 23.4 Å². The lowest BCUT2D eigenvalue weighted by Gasteiger charge is -2.18. The average molecular weight is 245 g/mol. The maximum Gasteiger partial charge on any atom is 0.146 e. The van der Waals surface area contributed by atoms with Gasteiger partial charge in [-0.2, -0.15) is 5.26 Å². The van der Waals surface area contributed by atoms with Crippen molar-refractivity contribution in [2.24, 2.45) is 0 Å². The number of pyridine rings is 1. The zero-order valence-corrected chi connectivity index (χ0v) is 10.8. The largest absolute Gasteiger partial charge is 0.391 e. The number of aliphatic hydroxyl groups excluding tert-OH is 1. The van der Waals surface area contributed by atoms with Crippen LogP contribution < -0.4 is 4.90 Å². The van der Waals surface area contributed by atoms with Crippen LogP contribution in [-0.4, -0.2) is 29.3 Å². The second-order valence-corrected chi connectivity index (χ2v) is 4.78. The van der Waals surface area contributed by atoms with Gasteiger partial charge in [-0.1, -0.05) is 13.3 Å². The van der Waals surface area contributed by atoms with E-state index in [4.69, 9.17) is 5.26 Å². The Morgan fingerprint density at radius 2 is 2.39 bits per heavy atom. The zero-order chi connectivity index (χ0) is 13.0. The van der Waals surface area contributed by atoms with Crippen LogP contribution in [0.3, 0.4) is 0 Å². The summed E-state index contributed by atoms with van der Waals surface area (Å²) in [5, 5.41) is 18.7. The minimum Gasteiger partial charge on any atom is -0.391 e. The summed E-state index contributed by atoms with van der Waals surface area (Å²) < 4.78 is 0. The number of nitriles is 1. The van der Waals surface area contributed by atoms with Gasteiger partial charge in [-0.15, -0.1) is 0 Å². The van der Waals surface area contributed by atoms with E-state index < -0.39 is 0 Å². The van der Waals surface area contributed by atoms with E-state index in [1.54, 1.807) is 0 Å². The molecule has 1 unspecified atom stereocenters. The third kappa shape index (κ3) is 2.80. The molecule has 0 aromatic carbocycles. The SMILES string of the molecule is CCCCc1ccc(C#N)c(N2CCC(O)C2)n1. The van der Waals surface area contributed by atoms with Crippen LogP contribution in [0, 0.1) is 11.3 Å². The van der Waals surface area contributed by atoms with Gasteiger partial charge in [-0.25, -0.2) is 4.98 Å². The molecule has 1 atom stereocenters. The number of aromatic nitrogens is 1. The average Bonchev–Trinajstić information content (AvgIpc) is 2.82. The number of aliphatic hydroxyl groups is 1. The summed E-state index contributed by atoms with van der Waals surface area (Å²) >= 11 is 0. The third-order valence-electron chi connectivity index (χ3n) is 3.30. The van der Waals surface area contributed by atoms with Crippen molar-refractivity contribution in [3.63, 3.8) is 0 Å². The van der Waals surface area contributed by atoms with Crippen molar-refractivity contribution in [2.75, 3.05) is 18.0 Å². The number of hydrogen-bond acceptors (Lipinski definition) is 4.